The molecular weight excluding hydrogens is 376 g/mol. The van der Waals surface area contributed by atoms with Gasteiger partial charge in [0.2, 0.25) is 0 Å². The molecule has 2 aromatic carbocycles. The van der Waals surface area contributed by atoms with E-state index >= 15 is 0 Å². The summed E-state index contributed by atoms with van der Waals surface area (Å²) in [5.41, 5.74) is 4.90. The molecule has 0 saturated carbocycles. The molecule has 0 bridgehead atoms. The number of piperidine rings is 1. The molecule has 0 aliphatic carbocycles. The molecule has 0 radical (unpaired) electrons. The van der Waals surface area contributed by atoms with E-state index in [-0.39, 0.29) is 11.9 Å². The van der Waals surface area contributed by atoms with E-state index in [2.05, 4.69) is 67.3 Å². The zero-order valence-corrected chi connectivity index (χ0v) is 18.0. The average Bonchev–Trinajstić information content (AvgIpc) is 3.26. The molecule has 1 aliphatic rings. The summed E-state index contributed by atoms with van der Waals surface area (Å²) in [4.78, 5) is 18.7. The molecule has 0 spiro atoms. The highest BCUT2D eigenvalue weighted by Crippen LogP contribution is 2.28. The number of amides is 1. The van der Waals surface area contributed by atoms with Gasteiger partial charge in [0.1, 0.15) is 0 Å². The van der Waals surface area contributed by atoms with Crippen LogP contribution in [0.25, 0.3) is 0 Å². The Labute approximate surface area is 177 Å². The van der Waals surface area contributed by atoms with Crippen molar-refractivity contribution in [3.8, 4) is 0 Å². The van der Waals surface area contributed by atoms with Gasteiger partial charge in [0.15, 0.2) is 0 Å². The van der Waals surface area contributed by atoms with Crippen LogP contribution in [-0.2, 0) is 6.54 Å². The van der Waals surface area contributed by atoms with Crippen LogP contribution in [0.1, 0.15) is 39.2 Å². The summed E-state index contributed by atoms with van der Waals surface area (Å²) in [5.74, 6) is 0.126. The van der Waals surface area contributed by atoms with Gasteiger partial charge < -0.3 is 4.90 Å². The maximum Gasteiger partial charge on any atom is 0.268 e. The van der Waals surface area contributed by atoms with Crippen LogP contribution >= 0.6 is 11.3 Å². The van der Waals surface area contributed by atoms with Crippen molar-refractivity contribution < 1.29 is 4.79 Å². The number of carbonyl (C=O) groups is 1. The van der Waals surface area contributed by atoms with Crippen LogP contribution in [0, 0.1) is 13.8 Å². The molecule has 0 N–H and O–H groups in total. The number of benzene rings is 2. The Hall–Kier alpha value is -2.43. The largest absolute Gasteiger partial charge is 0.305 e. The highest BCUT2D eigenvalue weighted by molar-refractivity contribution is 7.12. The molecule has 4 rings (SSSR count). The number of nitrogens with zero attached hydrogens (tertiary/aromatic N) is 2. The van der Waals surface area contributed by atoms with Gasteiger partial charge in [0.05, 0.1) is 4.88 Å². The van der Waals surface area contributed by atoms with Gasteiger partial charge in [-0.1, -0.05) is 53.6 Å². The molecule has 2 heterocycles. The van der Waals surface area contributed by atoms with Crippen molar-refractivity contribution in [1.29, 1.82) is 0 Å². The summed E-state index contributed by atoms with van der Waals surface area (Å²) in [6.45, 7) is 7.24. The summed E-state index contributed by atoms with van der Waals surface area (Å²) in [6.07, 6.45) is 1.99. The zero-order chi connectivity index (χ0) is 20.2. The molecular formula is C25H28N2OS. The normalized spacial score (nSPS) is 15.4. The van der Waals surface area contributed by atoms with Crippen molar-refractivity contribution in [3.63, 3.8) is 0 Å². The smallest absolute Gasteiger partial charge is 0.268 e. The molecule has 29 heavy (non-hydrogen) atoms. The Morgan fingerprint density at radius 1 is 1.00 bits per heavy atom. The van der Waals surface area contributed by atoms with Crippen molar-refractivity contribution in [2.45, 2.75) is 39.3 Å². The standard InChI is InChI=1S/C25H28N2OS/c1-19-8-10-22(11-9-19)27(25(28)24-7-4-16-29-24)23-12-14-26(15-13-23)18-21-6-3-5-20(2)17-21/h3-11,16-17,23H,12-15,18H2,1-2H3. The maximum absolute atomic E-state index is 13.3. The number of hydrogen-bond acceptors (Lipinski definition) is 3. The lowest BCUT2D eigenvalue weighted by Crippen LogP contribution is -2.47. The summed E-state index contributed by atoms with van der Waals surface area (Å²) < 4.78 is 0. The van der Waals surface area contributed by atoms with Crippen molar-refractivity contribution in [3.05, 3.63) is 87.6 Å². The number of thiophene rings is 1. The lowest BCUT2D eigenvalue weighted by molar-refractivity contribution is 0.0962. The molecule has 1 fully saturated rings. The van der Waals surface area contributed by atoms with Crippen molar-refractivity contribution in [1.82, 2.24) is 4.90 Å². The SMILES string of the molecule is Cc1ccc(N(C(=O)c2cccs2)C2CCN(Cc3cccc(C)c3)CC2)cc1. The second-order valence-electron chi connectivity index (χ2n) is 7.98. The van der Waals surface area contributed by atoms with Gasteiger partial charge in [-0.3, -0.25) is 9.69 Å². The van der Waals surface area contributed by atoms with Crippen LogP contribution in [0.15, 0.2) is 66.0 Å². The van der Waals surface area contributed by atoms with Gasteiger partial charge >= 0.3 is 0 Å². The van der Waals surface area contributed by atoms with Gasteiger partial charge in [-0.25, -0.2) is 0 Å². The minimum absolute atomic E-state index is 0.126. The number of likely N-dealkylation sites (tertiary alicyclic amines) is 1. The fourth-order valence-electron chi connectivity index (χ4n) is 4.12. The van der Waals surface area contributed by atoms with Crippen LogP contribution < -0.4 is 4.90 Å². The highest BCUT2D eigenvalue weighted by atomic mass is 32.1. The number of hydrogen-bond donors (Lipinski definition) is 0. The number of anilines is 1. The first-order valence-electron chi connectivity index (χ1n) is 10.3. The fraction of sp³-hybridized carbons (Fsp3) is 0.320. The summed E-state index contributed by atoms with van der Waals surface area (Å²) in [7, 11) is 0. The Morgan fingerprint density at radius 2 is 1.76 bits per heavy atom. The molecule has 1 aromatic heterocycles. The van der Waals surface area contributed by atoms with Crippen molar-refractivity contribution in [2.24, 2.45) is 0 Å². The zero-order valence-electron chi connectivity index (χ0n) is 17.2. The van der Waals surface area contributed by atoms with Crippen molar-refractivity contribution >= 4 is 22.9 Å². The molecule has 4 heteroatoms. The molecule has 0 atom stereocenters. The molecule has 0 unspecified atom stereocenters. The first kappa shape index (κ1) is 19.9. The van der Waals surface area contributed by atoms with Gasteiger partial charge in [0, 0.05) is 31.4 Å². The molecule has 1 saturated heterocycles. The molecule has 150 valence electrons. The Bertz CT molecular complexity index is 941. The molecule has 3 aromatic rings. The molecule has 1 amide bonds. The van der Waals surface area contributed by atoms with Gasteiger partial charge in [-0.15, -0.1) is 11.3 Å². The third kappa shape index (κ3) is 4.77. The van der Waals surface area contributed by atoms with E-state index in [1.165, 1.54) is 28.0 Å². The maximum atomic E-state index is 13.3. The topological polar surface area (TPSA) is 23.6 Å². The third-order valence-electron chi connectivity index (χ3n) is 5.67. The average molecular weight is 405 g/mol. The van der Waals surface area contributed by atoms with Gasteiger partial charge in [-0.05, 0) is 55.8 Å². The van der Waals surface area contributed by atoms with Crippen LogP contribution in [0.2, 0.25) is 0 Å². The fourth-order valence-corrected chi connectivity index (χ4v) is 4.78. The van der Waals surface area contributed by atoms with E-state index in [1.54, 1.807) is 0 Å². The van der Waals surface area contributed by atoms with Crippen LogP contribution in [0.4, 0.5) is 5.69 Å². The van der Waals surface area contributed by atoms with E-state index in [9.17, 15) is 4.79 Å². The minimum atomic E-state index is 0.126. The van der Waals surface area contributed by atoms with Crippen molar-refractivity contribution in [2.75, 3.05) is 18.0 Å². The van der Waals surface area contributed by atoms with E-state index in [4.69, 9.17) is 0 Å². The second-order valence-corrected chi connectivity index (χ2v) is 8.93. The minimum Gasteiger partial charge on any atom is -0.305 e. The first-order valence-corrected chi connectivity index (χ1v) is 11.2. The number of aryl methyl sites for hydroxylation is 2. The van der Waals surface area contributed by atoms with E-state index < -0.39 is 0 Å². The highest BCUT2D eigenvalue weighted by Gasteiger charge is 2.30. The first-order chi connectivity index (χ1) is 14.1. The molecule has 3 nitrogen and oxygen atoms in total. The number of rotatable bonds is 5. The van der Waals surface area contributed by atoms with E-state index in [1.807, 2.05) is 22.4 Å². The van der Waals surface area contributed by atoms with Gasteiger partial charge in [-0.2, -0.15) is 0 Å². The predicted octanol–water partition coefficient (Wildman–Crippen LogP) is 5.68. The monoisotopic (exact) mass is 404 g/mol. The van der Waals surface area contributed by atoms with Crippen LogP contribution in [-0.4, -0.2) is 29.9 Å². The summed E-state index contributed by atoms with van der Waals surface area (Å²) in [6, 6.07) is 21.2. The lowest BCUT2D eigenvalue weighted by atomic mass is 10.0. The van der Waals surface area contributed by atoms with Crippen LogP contribution in [0.3, 0.4) is 0 Å². The van der Waals surface area contributed by atoms with E-state index in [0.29, 0.717) is 0 Å². The summed E-state index contributed by atoms with van der Waals surface area (Å²) in [5, 5.41) is 1.98. The lowest BCUT2D eigenvalue weighted by Gasteiger charge is -2.38. The summed E-state index contributed by atoms with van der Waals surface area (Å²) >= 11 is 1.52. The Morgan fingerprint density at radius 3 is 2.41 bits per heavy atom. The molecule has 1 aliphatic heterocycles. The Kier molecular flexibility index (Phi) is 6.12. The number of carbonyl (C=O) groups excluding carboxylic acids is 1. The third-order valence-corrected chi connectivity index (χ3v) is 6.53. The quantitative estimate of drug-likeness (QED) is 0.546. The predicted molar refractivity (Wildman–Crippen MR) is 122 cm³/mol. The second kappa shape index (κ2) is 8.93. The van der Waals surface area contributed by atoms with Gasteiger partial charge in [0.25, 0.3) is 5.91 Å². The van der Waals surface area contributed by atoms with E-state index in [0.717, 1.165) is 43.0 Å². The van der Waals surface area contributed by atoms with Crippen LogP contribution in [0.5, 0.6) is 0 Å². The Balaban J connectivity index is 1.49.